The molecule has 1 N–H and O–H groups in total. The molecule has 0 bridgehead atoms. The highest BCUT2D eigenvalue weighted by atomic mass is 16.3. The lowest BCUT2D eigenvalue weighted by Crippen LogP contribution is -2.29. The normalized spacial score (nSPS) is 28.0. The van der Waals surface area contributed by atoms with Crippen LogP contribution in [0.4, 0.5) is 5.82 Å². The summed E-state index contributed by atoms with van der Waals surface area (Å²) in [6.45, 7) is 3.45. The zero-order valence-electron chi connectivity index (χ0n) is 7.77. The van der Waals surface area contributed by atoms with Crippen LogP contribution in [-0.4, -0.2) is 28.8 Å². The molecule has 1 aliphatic heterocycles. The number of pyridine rings is 1. The molecule has 2 rings (SSSR count). The standard InChI is InChI=1S/C10H14N2O/c1-10(13)5-7-12(8-10)9-4-2-3-6-11-9/h2-4,6,13H,5,7-8H2,1H3. The molecular formula is C10H14N2O. The lowest BCUT2D eigenvalue weighted by molar-refractivity contribution is 0.0839. The van der Waals surface area contributed by atoms with Gasteiger partial charge in [-0.25, -0.2) is 4.98 Å². The van der Waals surface area contributed by atoms with Crippen LogP contribution in [0.25, 0.3) is 0 Å². The second kappa shape index (κ2) is 3.00. The number of anilines is 1. The maximum Gasteiger partial charge on any atom is 0.128 e. The Balaban J connectivity index is 2.13. The second-order valence-corrected chi connectivity index (χ2v) is 3.86. The molecule has 0 spiro atoms. The molecule has 13 heavy (non-hydrogen) atoms. The summed E-state index contributed by atoms with van der Waals surface area (Å²) in [6, 6.07) is 5.84. The van der Waals surface area contributed by atoms with Crippen molar-refractivity contribution in [2.75, 3.05) is 18.0 Å². The van der Waals surface area contributed by atoms with Crippen LogP contribution in [0.3, 0.4) is 0 Å². The third-order valence-electron chi connectivity index (χ3n) is 2.43. The monoisotopic (exact) mass is 178 g/mol. The van der Waals surface area contributed by atoms with E-state index in [-0.39, 0.29) is 0 Å². The van der Waals surface area contributed by atoms with E-state index in [9.17, 15) is 5.11 Å². The molecule has 1 saturated heterocycles. The van der Waals surface area contributed by atoms with Crippen molar-refractivity contribution in [3.05, 3.63) is 24.4 Å². The van der Waals surface area contributed by atoms with Crippen molar-refractivity contribution in [3.63, 3.8) is 0 Å². The number of hydrogen-bond donors (Lipinski definition) is 1. The summed E-state index contributed by atoms with van der Waals surface area (Å²) in [5.74, 6) is 0.959. The van der Waals surface area contributed by atoms with Gasteiger partial charge in [-0.3, -0.25) is 0 Å². The average molecular weight is 178 g/mol. The molecular weight excluding hydrogens is 164 g/mol. The smallest absolute Gasteiger partial charge is 0.128 e. The highest BCUT2D eigenvalue weighted by molar-refractivity contribution is 5.39. The second-order valence-electron chi connectivity index (χ2n) is 3.86. The van der Waals surface area contributed by atoms with Gasteiger partial charge in [0.15, 0.2) is 0 Å². The molecule has 3 nitrogen and oxygen atoms in total. The highest BCUT2D eigenvalue weighted by Gasteiger charge is 2.31. The number of aliphatic hydroxyl groups is 1. The van der Waals surface area contributed by atoms with Crippen molar-refractivity contribution >= 4 is 5.82 Å². The van der Waals surface area contributed by atoms with Gasteiger partial charge in [-0.05, 0) is 25.5 Å². The van der Waals surface area contributed by atoms with Crippen molar-refractivity contribution < 1.29 is 5.11 Å². The summed E-state index contributed by atoms with van der Waals surface area (Å²) < 4.78 is 0. The van der Waals surface area contributed by atoms with Gasteiger partial charge in [0, 0.05) is 19.3 Å². The summed E-state index contributed by atoms with van der Waals surface area (Å²) in [5, 5.41) is 9.76. The largest absolute Gasteiger partial charge is 0.388 e. The minimum absolute atomic E-state index is 0.544. The van der Waals surface area contributed by atoms with Crippen molar-refractivity contribution in [3.8, 4) is 0 Å². The lowest BCUT2D eigenvalue weighted by Gasteiger charge is -2.19. The Hall–Kier alpha value is -1.09. The van der Waals surface area contributed by atoms with E-state index >= 15 is 0 Å². The van der Waals surface area contributed by atoms with Gasteiger partial charge < -0.3 is 10.0 Å². The molecule has 1 aliphatic rings. The molecule has 70 valence electrons. The molecule has 0 aliphatic carbocycles. The fourth-order valence-corrected chi connectivity index (χ4v) is 1.68. The maximum atomic E-state index is 9.76. The first-order chi connectivity index (χ1) is 6.17. The van der Waals surface area contributed by atoms with E-state index in [0.29, 0.717) is 6.54 Å². The number of aromatic nitrogens is 1. The van der Waals surface area contributed by atoms with Crippen molar-refractivity contribution in [2.45, 2.75) is 18.9 Å². The summed E-state index contributed by atoms with van der Waals surface area (Å²) in [5.41, 5.74) is -0.544. The van der Waals surface area contributed by atoms with Gasteiger partial charge in [0.25, 0.3) is 0 Å². The molecule has 1 aromatic rings. The van der Waals surface area contributed by atoms with Crippen LogP contribution in [0.15, 0.2) is 24.4 Å². The van der Waals surface area contributed by atoms with Gasteiger partial charge in [0.2, 0.25) is 0 Å². The minimum Gasteiger partial charge on any atom is -0.388 e. The van der Waals surface area contributed by atoms with E-state index in [1.165, 1.54) is 0 Å². The van der Waals surface area contributed by atoms with Crippen LogP contribution in [0.2, 0.25) is 0 Å². The highest BCUT2D eigenvalue weighted by Crippen LogP contribution is 2.24. The van der Waals surface area contributed by atoms with Gasteiger partial charge >= 0.3 is 0 Å². The van der Waals surface area contributed by atoms with Crippen LogP contribution >= 0.6 is 0 Å². The van der Waals surface area contributed by atoms with Crippen molar-refractivity contribution in [1.29, 1.82) is 0 Å². The molecule has 0 aromatic carbocycles. The molecule has 0 saturated carbocycles. The Morgan fingerprint density at radius 1 is 1.54 bits per heavy atom. The number of β-amino-alcohol motifs (C(OH)–C–C–N with tert-alkyl or cyclic N) is 1. The summed E-state index contributed by atoms with van der Waals surface area (Å²) >= 11 is 0. The first-order valence-electron chi connectivity index (χ1n) is 4.56. The van der Waals surface area contributed by atoms with E-state index in [1.54, 1.807) is 6.20 Å². The van der Waals surface area contributed by atoms with Crippen LogP contribution in [-0.2, 0) is 0 Å². The van der Waals surface area contributed by atoms with E-state index in [1.807, 2.05) is 25.1 Å². The third kappa shape index (κ3) is 1.80. The molecule has 0 radical (unpaired) electrons. The van der Waals surface area contributed by atoms with Crippen LogP contribution in [0.5, 0.6) is 0 Å². The fraction of sp³-hybridized carbons (Fsp3) is 0.500. The maximum absolute atomic E-state index is 9.76. The average Bonchev–Trinajstić information content (AvgIpc) is 2.48. The molecule has 2 heterocycles. The molecule has 1 unspecified atom stereocenters. The Morgan fingerprint density at radius 3 is 2.92 bits per heavy atom. The van der Waals surface area contributed by atoms with E-state index in [4.69, 9.17) is 0 Å². The van der Waals surface area contributed by atoms with Gasteiger partial charge in [0.05, 0.1) is 5.60 Å². The van der Waals surface area contributed by atoms with Crippen LogP contribution in [0.1, 0.15) is 13.3 Å². The summed E-state index contributed by atoms with van der Waals surface area (Å²) in [4.78, 5) is 6.35. The number of hydrogen-bond acceptors (Lipinski definition) is 3. The van der Waals surface area contributed by atoms with Crippen molar-refractivity contribution in [2.24, 2.45) is 0 Å². The van der Waals surface area contributed by atoms with E-state index < -0.39 is 5.60 Å². The lowest BCUT2D eigenvalue weighted by atomic mass is 10.1. The minimum atomic E-state index is -0.544. The Kier molecular flexibility index (Phi) is 1.96. The van der Waals surface area contributed by atoms with Crippen LogP contribution < -0.4 is 4.90 Å². The molecule has 3 heteroatoms. The molecule has 1 atom stereocenters. The van der Waals surface area contributed by atoms with E-state index in [2.05, 4.69) is 9.88 Å². The zero-order valence-corrected chi connectivity index (χ0v) is 7.77. The topological polar surface area (TPSA) is 36.4 Å². The summed E-state index contributed by atoms with van der Waals surface area (Å²) in [6.07, 6.45) is 2.60. The fourth-order valence-electron chi connectivity index (χ4n) is 1.68. The Labute approximate surface area is 78.0 Å². The van der Waals surface area contributed by atoms with Gasteiger partial charge in [0.1, 0.15) is 5.82 Å². The molecule has 0 amide bonds. The molecule has 1 aromatic heterocycles. The predicted octanol–water partition coefficient (Wildman–Crippen LogP) is 1.04. The van der Waals surface area contributed by atoms with Crippen molar-refractivity contribution in [1.82, 2.24) is 4.98 Å². The third-order valence-corrected chi connectivity index (χ3v) is 2.43. The van der Waals surface area contributed by atoms with Gasteiger partial charge in [-0.2, -0.15) is 0 Å². The van der Waals surface area contributed by atoms with Gasteiger partial charge in [-0.15, -0.1) is 0 Å². The number of nitrogens with zero attached hydrogens (tertiary/aromatic N) is 2. The molecule has 1 fully saturated rings. The zero-order chi connectivity index (χ0) is 9.31. The quantitative estimate of drug-likeness (QED) is 0.698. The first-order valence-corrected chi connectivity index (χ1v) is 4.56. The Bertz CT molecular complexity index is 284. The number of rotatable bonds is 1. The predicted molar refractivity (Wildman–Crippen MR) is 51.7 cm³/mol. The Morgan fingerprint density at radius 2 is 2.38 bits per heavy atom. The van der Waals surface area contributed by atoms with E-state index in [0.717, 1.165) is 18.8 Å². The first kappa shape index (κ1) is 8.51. The summed E-state index contributed by atoms with van der Waals surface area (Å²) in [7, 11) is 0. The van der Waals surface area contributed by atoms with Gasteiger partial charge in [-0.1, -0.05) is 6.07 Å². The SMILES string of the molecule is CC1(O)CCN(c2ccccn2)C1. The van der Waals surface area contributed by atoms with Crippen LogP contribution in [0, 0.1) is 0 Å².